The molecule has 2 heterocycles. The van der Waals surface area contributed by atoms with Crippen molar-refractivity contribution in [3.8, 4) is 16.9 Å². The van der Waals surface area contributed by atoms with Crippen LogP contribution in [0.4, 0.5) is 4.39 Å². The Morgan fingerprint density at radius 2 is 1.79 bits per heavy atom. The normalized spacial score (nSPS) is 12.1. The Kier molecular flexibility index (Phi) is 5.26. The highest BCUT2D eigenvalue weighted by molar-refractivity contribution is 5.62. The molecule has 4 nitrogen and oxygen atoms in total. The Morgan fingerprint density at radius 3 is 2.50 bits per heavy atom. The van der Waals surface area contributed by atoms with Crippen LogP contribution in [0.2, 0.25) is 0 Å². The van der Waals surface area contributed by atoms with Crippen molar-refractivity contribution in [1.29, 1.82) is 0 Å². The second kappa shape index (κ2) is 8.15. The first-order chi connectivity index (χ1) is 13.7. The van der Waals surface area contributed by atoms with E-state index in [4.69, 9.17) is 5.10 Å². The average Bonchev–Trinajstić information content (AvgIpc) is 3.18. The average molecular weight is 372 g/mol. The zero-order chi connectivity index (χ0) is 19.3. The van der Waals surface area contributed by atoms with Crippen molar-refractivity contribution in [3.63, 3.8) is 0 Å². The second-order valence-electron chi connectivity index (χ2n) is 6.68. The van der Waals surface area contributed by atoms with Crippen molar-refractivity contribution in [3.05, 3.63) is 102 Å². The highest BCUT2D eigenvalue weighted by Gasteiger charge is 2.14. The van der Waals surface area contributed by atoms with Gasteiger partial charge in [-0.25, -0.2) is 9.07 Å². The van der Waals surface area contributed by atoms with Crippen LogP contribution in [-0.2, 0) is 6.54 Å². The molecule has 0 saturated heterocycles. The van der Waals surface area contributed by atoms with Gasteiger partial charge in [0.15, 0.2) is 0 Å². The number of pyridine rings is 1. The van der Waals surface area contributed by atoms with E-state index in [0.717, 1.165) is 28.1 Å². The Hall–Kier alpha value is -3.31. The van der Waals surface area contributed by atoms with E-state index < -0.39 is 0 Å². The third-order valence-electron chi connectivity index (χ3n) is 4.71. The van der Waals surface area contributed by atoms with Crippen LogP contribution in [0.3, 0.4) is 0 Å². The number of halogens is 1. The van der Waals surface area contributed by atoms with Crippen molar-refractivity contribution in [2.75, 3.05) is 0 Å². The number of hydrogen-bond donors (Lipinski definition) is 1. The lowest BCUT2D eigenvalue weighted by molar-refractivity contribution is 0.571. The highest BCUT2D eigenvalue weighted by atomic mass is 19.1. The summed E-state index contributed by atoms with van der Waals surface area (Å²) >= 11 is 0. The Bertz CT molecular complexity index is 1030. The molecule has 0 bridgehead atoms. The molecule has 2 aromatic carbocycles. The van der Waals surface area contributed by atoms with Crippen LogP contribution in [-0.4, -0.2) is 14.8 Å². The molecule has 1 atom stereocenters. The summed E-state index contributed by atoms with van der Waals surface area (Å²) in [5, 5.41) is 8.31. The standard InChI is InChI=1S/C23H21FN4/c1-17(18-9-11-21(24)12-10-18)26-15-20-16-28(22-7-3-2-4-8-22)27-23(20)19-6-5-13-25-14-19/h2-14,16-17,26H,15H2,1H3. The van der Waals surface area contributed by atoms with Crippen LogP contribution < -0.4 is 5.32 Å². The molecule has 0 radical (unpaired) electrons. The predicted octanol–water partition coefficient (Wildman–Crippen LogP) is 4.92. The number of hydrogen-bond acceptors (Lipinski definition) is 3. The summed E-state index contributed by atoms with van der Waals surface area (Å²) in [4.78, 5) is 4.23. The van der Waals surface area contributed by atoms with Gasteiger partial charge in [-0.05, 0) is 48.9 Å². The number of benzene rings is 2. The molecule has 2 aromatic heterocycles. The van der Waals surface area contributed by atoms with Crippen LogP contribution in [0.15, 0.2) is 85.3 Å². The first-order valence-corrected chi connectivity index (χ1v) is 9.24. The fourth-order valence-electron chi connectivity index (χ4n) is 3.13. The quantitative estimate of drug-likeness (QED) is 0.522. The number of para-hydroxylation sites is 1. The minimum absolute atomic E-state index is 0.0856. The smallest absolute Gasteiger partial charge is 0.123 e. The Morgan fingerprint density at radius 1 is 1.00 bits per heavy atom. The van der Waals surface area contributed by atoms with Gasteiger partial charge in [-0.2, -0.15) is 5.10 Å². The van der Waals surface area contributed by atoms with Gasteiger partial charge in [0.05, 0.1) is 11.4 Å². The molecular formula is C23H21FN4. The molecule has 1 N–H and O–H groups in total. The van der Waals surface area contributed by atoms with E-state index >= 15 is 0 Å². The summed E-state index contributed by atoms with van der Waals surface area (Å²) in [7, 11) is 0. The van der Waals surface area contributed by atoms with Crippen molar-refractivity contribution in [2.24, 2.45) is 0 Å². The van der Waals surface area contributed by atoms with E-state index in [2.05, 4.69) is 17.2 Å². The van der Waals surface area contributed by atoms with Crippen LogP contribution >= 0.6 is 0 Å². The summed E-state index contributed by atoms with van der Waals surface area (Å²) in [6.07, 6.45) is 5.62. The summed E-state index contributed by atoms with van der Waals surface area (Å²) in [5.74, 6) is -0.223. The maximum atomic E-state index is 13.2. The molecule has 0 aliphatic carbocycles. The lowest BCUT2D eigenvalue weighted by Crippen LogP contribution is -2.18. The molecule has 4 aromatic rings. The molecule has 4 rings (SSSR count). The van der Waals surface area contributed by atoms with E-state index in [1.165, 1.54) is 12.1 Å². The van der Waals surface area contributed by atoms with Gasteiger partial charge in [-0.15, -0.1) is 0 Å². The third-order valence-corrected chi connectivity index (χ3v) is 4.71. The largest absolute Gasteiger partial charge is 0.306 e. The van der Waals surface area contributed by atoms with Gasteiger partial charge < -0.3 is 5.32 Å². The van der Waals surface area contributed by atoms with E-state index in [0.29, 0.717) is 6.54 Å². The number of rotatable bonds is 6. The van der Waals surface area contributed by atoms with Crippen LogP contribution in [0.1, 0.15) is 24.1 Å². The molecule has 140 valence electrons. The van der Waals surface area contributed by atoms with Crippen molar-refractivity contribution in [1.82, 2.24) is 20.1 Å². The van der Waals surface area contributed by atoms with Crippen LogP contribution in [0.25, 0.3) is 16.9 Å². The summed E-state index contributed by atoms with van der Waals surface area (Å²) in [5.41, 5.74) is 5.00. The fraction of sp³-hybridized carbons (Fsp3) is 0.130. The molecule has 0 saturated carbocycles. The van der Waals surface area contributed by atoms with Gasteiger partial charge in [0.1, 0.15) is 5.82 Å². The summed E-state index contributed by atoms with van der Waals surface area (Å²) in [6, 6.07) is 20.6. The molecular weight excluding hydrogens is 351 g/mol. The predicted molar refractivity (Wildman–Crippen MR) is 108 cm³/mol. The maximum Gasteiger partial charge on any atom is 0.123 e. The Labute approximate surface area is 163 Å². The van der Waals surface area contributed by atoms with E-state index in [1.807, 2.05) is 71.7 Å². The number of nitrogens with one attached hydrogen (secondary N) is 1. The van der Waals surface area contributed by atoms with Crippen molar-refractivity contribution in [2.45, 2.75) is 19.5 Å². The number of aromatic nitrogens is 3. The summed E-state index contributed by atoms with van der Waals surface area (Å²) < 4.78 is 15.1. The van der Waals surface area contributed by atoms with E-state index in [1.54, 1.807) is 6.20 Å². The van der Waals surface area contributed by atoms with Crippen LogP contribution in [0.5, 0.6) is 0 Å². The molecule has 1 unspecified atom stereocenters. The molecule has 0 fully saturated rings. The molecule has 0 spiro atoms. The fourth-order valence-corrected chi connectivity index (χ4v) is 3.13. The lowest BCUT2D eigenvalue weighted by Gasteiger charge is -2.14. The second-order valence-corrected chi connectivity index (χ2v) is 6.68. The van der Waals surface area contributed by atoms with Crippen LogP contribution in [0, 0.1) is 5.82 Å². The number of nitrogens with zero attached hydrogens (tertiary/aromatic N) is 3. The highest BCUT2D eigenvalue weighted by Crippen LogP contribution is 2.24. The maximum absolute atomic E-state index is 13.2. The minimum atomic E-state index is -0.223. The topological polar surface area (TPSA) is 42.7 Å². The lowest BCUT2D eigenvalue weighted by atomic mass is 10.1. The van der Waals surface area contributed by atoms with Gasteiger partial charge >= 0.3 is 0 Å². The van der Waals surface area contributed by atoms with Gasteiger partial charge in [0.25, 0.3) is 0 Å². The van der Waals surface area contributed by atoms with E-state index in [9.17, 15) is 4.39 Å². The Balaban J connectivity index is 1.61. The molecule has 0 aliphatic rings. The van der Waals surface area contributed by atoms with Gasteiger partial charge in [-0.1, -0.05) is 30.3 Å². The SMILES string of the molecule is CC(NCc1cn(-c2ccccc2)nc1-c1cccnc1)c1ccc(F)cc1. The van der Waals surface area contributed by atoms with Crippen molar-refractivity contribution >= 4 is 0 Å². The van der Waals surface area contributed by atoms with Gasteiger partial charge in [0.2, 0.25) is 0 Å². The summed E-state index contributed by atoms with van der Waals surface area (Å²) in [6.45, 7) is 2.70. The van der Waals surface area contributed by atoms with Gasteiger partial charge in [0, 0.05) is 42.3 Å². The molecule has 0 aliphatic heterocycles. The zero-order valence-corrected chi connectivity index (χ0v) is 15.6. The zero-order valence-electron chi connectivity index (χ0n) is 15.6. The molecule has 28 heavy (non-hydrogen) atoms. The molecule has 5 heteroatoms. The molecule has 0 amide bonds. The minimum Gasteiger partial charge on any atom is -0.306 e. The third kappa shape index (κ3) is 4.00. The van der Waals surface area contributed by atoms with E-state index in [-0.39, 0.29) is 11.9 Å². The monoisotopic (exact) mass is 372 g/mol. The van der Waals surface area contributed by atoms with Crippen molar-refractivity contribution < 1.29 is 4.39 Å². The van der Waals surface area contributed by atoms with Gasteiger partial charge in [-0.3, -0.25) is 4.98 Å². The first-order valence-electron chi connectivity index (χ1n) is 9.24. The first kappa shape index (κ1) is 18.1.